The number of carbonyl (C=O) groups excluding carboxylic acids is 1. The second kappa shape index (κ2) is 8.36. The number of rotatable bonds is 5. The average Bonchev–Trinajstić information content (AvgIpc) is 2.66. The molecule has 1 aromatic carbocycles. The summed E-state index contributed by atoms with van der Waals surface area (Å²) in [5.41, 5.74) is 3.04. The van der Waals surface area contributed by atoms with Crippen LogP contribution >= 0.6 is 0 Å². The zero-order chi connectivity index (χ0) is 21.9. The first-order chi connectivity index (χ1) is 14.0. The number of nitrogens with zero attached hydrogens (tertiary/aromatic N) is 2. The Kier molecular flexibility index (Phi) is 6.03. The Morgan fingerprint density at radius 1 is 1.07 bits per heavy atom. The highest BCUT2D eigenvalue weighted by Crippen LogP contribution is 2.25. The molecule has 1 aliphatic rings. The first kappa shape index (κ1) is 21.6. The van der Waals surface area contributed by atoms with Gasteiger partial charge in [0.15, 0.2) is 5.78 Å². The summed E-state index contributed by atoms with van der Waals surface area (Å²) in [4.78, 5) is 21.6. The van der Waals surface area contributed by atoms with E-state index < -0.39 is 10.0 Å². The quantitative estimate of drug-likeness (QED) is 0.777. The van der Waals surface area contributed by atoms with Crippen molar-refractivity contribution in [2.75, 3.05) is 11.0 Å². The Morgan fingerprint density at radius 3 is 2.37 bits per heavy atom. The first-order valence-electron chi connectivity index (χ1n) is 9.57. The molecule has 30 heavy (non-hydrogen) atoms. The summed E-state index contributed by atoms with van der Waals surface area (Å²) >= 11 is 0. The van der Waals surface area contributed by atoms with E-state index in [1.54, 1.807) is 18.2 Å². The molecule has 0 amide bonds. The molecule has 0 fully saturated rings. The first-order valence-corrected chi connectivity index (χ1v) is 11.5. The van der Waals surface area contributed by atoms with Gasteiger partial charge in [-0.3, -0.25) is 9.52 Å². The Labute approximate surface area is 177 Å². The van der Waals surface area contributed by atoms with E-state index in [0.29, 0.717) is 34.9 Å². The van der Waals surface area contributed by atoms with Gasteiger partial charge in [0.25, 0.3) is 0 Å². The minimum Gasteiger partial charge on any atom is -0.294 e. The van der Waals surface area contributed by atoms with Gasteiger partial charge in [-0.05, 0) is 35.9 Å². The monoisotopic (exact) mass is 423 g/mol. The van der Waals surface area contributed by atoms with Crippen molar-refractivity contribution in [3.05, 3.63) is 71.3 Å². The van der Waals surface area contributed by atoms with E-state index >= 15 is 0 Å². The lowest BCUT2D eigenvalue weighted by atomic mass is 9.94. The molecule has 6 nitrogen and oxygen atoms in total. The molecule has 3 rings (SSSR count). The van der Waals surface area contributed by atoms with Crippen LogP contribution in [0.2, 0.25) is 0 Å². The minimum absolute atomic E-state index is 0.0416. The second-order valence-electron chi connectivity index (χ2n) is 8.22. The fraction of sp³-hybridized carbons (Fsp3) is 0.261. The molecule has 7 heteroatoms. The van der Waals surface area contributed by atoms with Crippen molar-refractivity contribution < 1.29 is 13.2 Å². The number of sulfonamides is 1. The van der Waals surface area contributed by atoms with Crippen molar-refractivity contribution >= 4 is 39.2 Å². The molecule has 0 saturated heterocycles. The number of hydrogen-bond donors (Lipinski definition) is 1. The number of hydrogen-bond acceptors (Lipinski definition) is 5. The fourth-order valence-corrected chi connectivity index (χ4v) is 3.42. The Balaban J connectivity index is 1.93. The van der Waals surface area contributed by atoms with Gasteiger partial charge in [-0.1, -0.05) is 51.1 Å². The van der Waals surface area contributed by atoms with Crippen LogP contribution in [0.1, 0.15) is 50.0 Å². The van der Waals surface area contributed by atoms with Crippen LogP contribution in [0.4, 0.5) is 5.69 Å². The normalized spacial score (nSPS) is 14.8. The summed E-state index contributed by atoms with van der Waals surface area (Å²) < 4.78 is 25.1. The van der Waals surface area contributed by atoms with Crippen molar-refractivity contribution in [2.45, 2.75) is 32.6 Å². The average molecular weight is 424 g/mol. The summed E-state index contributed by atoms with van der Waals surface area (Å²) in [7, 11) is -3.31. The third-order valence-corrected chi connectivity index (χ3v) is 4.96. The predicted molar refractivity (Wildman–Crippen MR) is 121 cm³/mol. The standard InChI is InChI=1S/C23H25N3O3S/c1-23(2,3)22-24-18(15-20(25-22)19-7-5-6-8-21(19)27)14-11-16-9-12-17(13-10-16)26-30(4,28)29/h5-7,9-15,26H,8H2,1-4H3/b14-11+. The highest BCUT2D eigenvalue weighted by atomic mass is 32.2. The van der Waals surface area contributed by atoms with Crippen molar-refractivity contribution in [2.24, 2.45) is 0 Å². The summed E-state index contributed by atoms with van der Waals surface area (Å²) in [6.45, 7) is 6.10. The summed E-state index contributed by atoms with van der Waals surface area (Å²) in [5, 5.41) is 0. The van der Waals surface area contributed by atoms with Gasteiger partial charge in [0.2, 0.25) is 10.0 Å². The van der Waals surface area contributed by atoms with E-state index in [4.69, 9.17) is 0 Å². The van der Waals surface area contributed by atoms with Crippen LogP contribution in [-0.2, 0) is 20.2 Å². The number of aromatic nitrogens is 2. The zero-order valence-electron chi connectivity index (χ0n) is 17.5. The van der Waals surface area contributed by atoms with E-state index in [1.165, 1.54) is 0 Å². The molecule has 0 spiro atoms. The molecule has 1 heterocycles. The highest BCUT2D eigenvalue weighted by molar-refractivity contribution is 7.92. The maximum absolute atomic E-state index is 12.3. The summed E-state index contributed by atoms with van der Waals surface area (Å²) in [6, 6.07) is 8.84. The van der Waals surface area contributed by atoms with Gasteiger partial charge < -0.3 is 0 Å². The van der Waals surface area contributed by atoms with Crippen LogP contribution < -0.4 is 4.72 Å². The van der Waals surface area contributed by atoms with E-state index in [1.807, 2.05) is 63.3 Å². The molecule has 0 atom stereocenters. The van der Waals surface area contributed by atoms with Crippen LogP contribution in [0, 0.1) is 0 Å². The van der Waals surface area contributed by atoms with Crippen molar-refractivity contribution in [1.82, 2.24) is 9.97 Å². The van der Waals surface area contributed by atoms with Crippen LogP contribution in [0.5, 0.6) is 0 Å². The molecule has 156 valence electrons. The molecule has 0 unspecified atom stereocenters. The number of anilines is 1. The topological polar surface area (TPSA) is 89.0 Å². The molecular formula is C23H25N3O3S. The summed E-state index contributed by atoms with van der Waals surface area (Å²) in [6.07, 6.45) is 10.7. The maximum atomic E-state index is 12.3. The van der Waals surface area contributed by atoms with Gasteiger partial charge >= 0.3 is 0 Å². The number of carbonyl (C=O) groups is 1. The maximum Gasteiger partial charge on any atom is 0.229 e. The molecule has 2 aromatic rings. The lowest BCUT2D eigenvalue weighted by Crippen LogP contribution is -2.18. The zero-order valence-corrected chi connectivity index (χ0v) is 18.3. The van der Waals surface area contributed by atoms with Gasteiger partial charge in [0.05, 0.1) is 17.6 Å². The Morgan fingerprint density at radius 2 is 1.77 bits per heavy atom. The van der Waals surface area contributed by atoms with Crippen LogP contribution in [0.15, 0.2) is 48.6 Å². The predicted octanol–water partition coefficient (Wildman–Crippen LogP) is 4.23. The lowest BCUT2D eigenvalue weighted by Gasteiger charge is -2.19. The van der Waals surface area contributed by atoms with E-state index in [9.17, 15) is 13.2 Å². The fourth-order valence-electron chi connectivity index (χ4n) is 2.85. The SMILES string of the molecule is CC(C)(C)c1nc(/C=C/c2ccc(NS(C)(=O)=O)cc2)cc(C2=CC=CCC2=O)n1. The number of benzene rings is 1. The minimum atomic E-state index is -3.31. The molecule has 1 aliphatic carbocycles. The number of ketones is 1. The largest absolute Gasteiger partial charge is 0.294 e. The Hall–Kier alpha value is -3.06. The van der Waals surface area contributed by atoms with E-state index in [0.717, 1.165) is 11.8 Å². The number of allylic oxidation sites excluding steroid dienone is 4. The van der Waals surface area contributed by atoms with Crippen LogP contribution in [0.25, 0.3) is 17.7 Å². The van der Waals surface area contributed by atoms with Crippen molar-refractivity contribution in [3.63, 3.8) is 0 Å². The van der Waals surface area contributed by atoms with Crippen LogP contribution in [-0.4, -0.2) is 30.4 Å². The molecule has 1 aromatic heterocycles. The van der Waals surface area contributed by atoms with E-state index in [-0.39, 0.29) is 11.2 Å². The van der Waals surface area contributed by atoms with Gasteiger partial charge in [0.1, 0.15) is 5.82 Å². The van der Waals surface area contributed by atoms with Crippen molar-refractivity contribution in [3.8, 4) is 0 Å². The number of Topliss-reactive ketones (excluding diaryl/α,β-unsaturated/α-hetero) is 1. The smallest absolute Gasteiger partial charge is 0.229 e. The second-order valence-corrected chi connectivity index (χ2v) is 9.97. The van der Waals surface area contributed by atoms with Gasteiger partial charge in [-0.25, -0.2) is 18.4 Å². The van der Waals surface area contributed by atoms with Gasteiger partial charge in [-0.15, -0.1) is 0 Å². The molecule has 0 aliphatic heterocycles. The molecular weight excluding hydrogens is 398 g/mol. The molecule has 0 radical (unpaired) electrons. The third-order valence-electron chi connectivity index (χ3n) is 4.36. The summed E-state index contributed by atoms with van der Waals surface area (Å²) in [5.74, 6) is 0.704. The third kappa shape index (κ3) is 5.73. The van der Waals surface area contributed by atoms with Crippen molar-refractivity contribution in [1.29, 1.82) is 0 Å². The highest BCUT2D eigenvalue weighted by Gasteiger charge is 2.21. The van der Waals surface area contributed by atoms with E-state index in [2.05, 4.69) is 14.7 Å². The van der Waals surface area contributed by atoms with Gasteiger partial charge in [0, 0.05) is 23.1 Å². The lowest BCUT2D eigenvalue weighted by molar-refractivity contribution is -0.113. The molecule has 0 saturated carbocycles. The number of nitrogens with one attached hydrogen (secondary N) is 1. The Bertz CT molecular complexity index is 1150. The van der Waals surface area contributed by atoms with Crippen LogP contribution in [0.3, 0.4) is 0 Å². The molecule has 0 bridgehead atoms. The van der Waals surface area contributed by atoms with Gasteiger partial charge in [-0.2, -0.15) is 0 Å². The molecule has 1 N–H and O–H groups in total.